The van der Waals surface area contributed by atoms with Crippen LogP contribution >= 0.6 is 0 Å². The van der Waals surface area contributed by atoms with E-state index < -0.39 is 0 Å². The quantitative estimate of drug-likeness (QED) is 0.673. The van der Waals surface area contributed by atoms with Crippen molar-refractivity contribution in [1.82, 2.24) is 0 Å². The number of furan rings is 1. The Labute approximate surface area is 118 Å². The van der Waals surface area contributed by atoms with Gasteiger partial charge in [-0.05, 0) is 30.2 Å². The highest BCUT2D eigenvalue weighted by Gasteiger charge is 2.08. The maximum Gasteiger partial charge on any atom is 0.128 e. The highest BCUT2D eigenvalue weighted by Crippen LogP contribution is 2.31. The van der Waals surface area contributed by atoms with Crippen molar-refractivity contribution >= 4 is 0 Å². The summed E-state index contributed by atoms with van der Waals surface area (Å²) in [6.45, 7) is 2.63. The third-order valence-corrected chi connectivity index (χ3v) is 3.21. The van der Waals surface area contributed by atoms with Gasteiger partial charge in [-0.1, -0.05) is 42.5 Å². The van der Waals surface area contributed by atoms with Crippen LogP contribution in [-0.4, -0.2) is 0 Å². The first-order chi connectivity index (χ1) is 9.83. The molecule has 2 heteroatoms. The number of rotatable bonds is 4. The van der Waals surface area contributed by atoms with Crippen LogP contribution in [0.2, 0.25) is 0 Å². The molecule has 0 saturated carbocycles. The molecule has 1 aromatic heterocycles. The van der Waals surface area contributed by atoms with Crippen molar-refractivity contribution in [2.75, 3.05) is 0 Å². The van der Waals surface area contributed by atoms with Crippen molar-refractivity contribution in [2.45, 2.75) is 13.5 Å². The smallest absolute Gasteiger partial charge is 0.128 e. The molecule has 3 rings (SSSR count). The molecule has 0 aliphatic carbocycles. The van der Waals surface area contributed by atoms with Gasteiger partial charge in [0.05, 0.1) is 12.5 Å². The fourth-order valence-electron chi connectivity index (χ4n) is 2.14. The maximum atomic E-state index is 5.99. The van der Waals surface area contributed by atoms with Gasteiger partial charge < -0.3 is 9.15 Å². The Morgan fingerprint density at radius 3 is 2.60 bits per heavy atom. The molecule has 2 nitrogen and oxygen atoms in total. The second-order valence-electron chi connectivity index (χ2n) is 4.79. The summed E-state index contributed by atoms with van der Waals surface area (Å²) in [6.07, 6.45) is 3.41. The van der Waals surface area contributed by atoms with Gasteiger partial charge in [0.25, 0.3) is 0 Å². The molecule has 0 saturated heterocycles. The highest BCUT2D eigenvalue weighted by molar-refractivity contribution is 5.70. The van der Waals surface area contributed by atoms with Crippen LogP contribution in [0, 0.1) is 6.92 Å². The van der Waals surface area contributed by atoms with Crippen molar-refractivity contribution in [1.29, 1.82) is 0 Å². The number of hydrogen-bond acceptors (Lipinski definition) is 2. The van der Waals surface area contributed by atoms with Crippen molar-refractivity contribution in [2.24, 2.45) is 0 Å². The number of hydrogen-bond donors (Lipinski definition) is 0. The summed E-state index contributed by atoms with van der Waals surface area (Å²) in [6, 6.07) is 18.3. The molecular weight excluding hydrogens is 248 g/mol. The van der Waals surface area contributed by atoms with E-state index in [1.54, 1.807) is 12.5 Å². The topological polar surface area (TPSA) is 22.4 Å². The summed E-state index contributed by atoms with van der Waals surface area (Å²) in [5, 5.41) is 0. The normalized spacial score (nSPS) is 10.4. The van der Waals surface area contributed by atoms with Gasteiger partial charge in [0.15, 0.2) is 0 Å². The molecular formula is C18H16O2. The zero-order valence-electron chi connectivity index (χ0n) is 11.4. The summed E-state index contributed by atoms with van der Waals surface area (Å²) in [7, 11) is 0. The zero-order chi connectivity index (χ0) is 13.8. The average Bonchev–Trinajstić information content (AvgIpc) is 3.00. The van der Waals surface area contributed by atoms with Crippen LogP contribution in [0.3, 0.4) is 0 Å². The van der Waals surface area contributed by atoms with Crippen molar-refractivity contribution in [3.63, 3.8) is 0 Å². The van der Waals surface area contributed by atoms with Crippen LogP contribution in [0.25, 0.3) is 11.1 Å². The lowest BCUT2D eigenvalue weighted by molar-refractivity contribution is 0.307. The molecule has 1 heterocycles. The van der Waals surface area contributed by atoms with Crippen molar-refractivity contribution < 1.29 is 9.15 Å². The van der Waals surface area contributed by atoms with Gasteiger partial charge in [-0.2, -0.15) is 0 Å². The third kappa shape index (κ3) is 2.75. The van der Waals surface area contributed by atoms with Crippen molar-refractivity contribution in [3.8, 4) is 16.9 Å². The molecule has 20 heavy (non-hydrogen) atoms. The lowest BCUT2D eigenvalue weighted by atomic mass is 10.1. The van der Waals surface area contributed by atoms with Gasteiger partial charge in [-0.3, -0.25) is 0 Å². The van der Waals surface area contributed by atoms with E-state index in [0.717, 1.165) is 22.4 Å². The Morgan fingerprint density at radius 2 is 1.85 bits per heavy atom. The molecule has 0 N–H and O–H groups in total. The molecule has 0 fully saturated rings. The molecule has 0 amide bonds. The van der Waals surface area contributed by atoms with E-state index >= 15 is 0 Å². The van der Waals surface area contributed by atoms with E-state index in [0.29, 0.717) is 6.61 Å². The minimum atomic E-state index is 0.565. The minimum absolute atomic E-state index is 0.565. The molecule has 0 aliphatic heterocycles. The monoisotopic (exact) mass is 264 g/mol. The van der Waals surface area contributed by atoms with Gasteiger partial charge >= 0.3 is 0 Å². The van der Waals surface area contributed by atoms with Gasteiger partial charge in [-0.25, -0.2) is 0 Å². The Bertz CT molecular complexity index is 670. The van der Waals surface area contributed by atoms with E-state index in [1.807, 2.05) is 24.3 Å². The van der Waals surface area contributed by atoms with E-state index in [2.05, 4.69) is 37.3 Å². The molecule has 100 valence electrons. The molecule has 0 bridgehead atoms. The van der Waals surface area contributed by atoms with Gasteiger partial charge in [0, 0.05) is 11.1 Å². The van der Waals surface area contributed by atoms with E-state index in [9.17, 15) is 0 Å². The largest absolute Gasteiger partial charge is 0.488 e. The predicted octanol–water partition coefficient (Wildman–Crippen LogP) is 4.83. The van der Waals surface area contributed by atoms with Gasteiger partial charge in [0.1, 0.15) is 12.4 Å². The zero-order valence-corrected chi connectivity index (χ0v) is 11.4. The fraction of sp³-hybridized carbons (Fsp3) is 0.111. The SMILES string of the molecule is Cc1ccc(-c2ccoc2)c(OCc2ccccc2)c1. The fourth-order valence-corrected chi connectivity index (χ4v) is 2.14. The van der Waals surface area contributed by atoms with Crippen LogP contribution < -0.4 is 4.74 Å². The third-order valence-electron chi connectivity index (χ3n) is 3.21. The standard InChI is InChI=1S/C18H16O2/c1-14-7-8-17(16-9-10-19-13-16)18(11-14)20-12-15-5-3-2-4-6-15/h2-11,13H,12H2,1H3. The Balaban J connectivity index is 1.87. The summed E-state index contributed by atoms with van der Waals surface area (Å²) in [4.78, 5) is 0. The molecule has 2 aromatic carbocycles. The lowest BCUT2D eigenvalue weighted by Gasteiger charge is -2.11. The molecule has 0 spiro atoms. The van der Waals surface area contributed by atoms with Crippen LogP contribution in [0.15, 0.2) is 71.5 Å². The first-order valence-corrected chi connectivity index (χ1v) is 6.63. The molecule has 0 radical (unpaired) electrons. The van der Waals surface area contributed by atoms with E-state index in [4.69, 9.17) is 9.15 Å². The average molecular weight is 264 g/mol. The van der Waals surface area contributed by atoms with Crippen molar-refractivity contribution in [3.05, 3.63) is 78.3 Å². The molecule has 0 aliphatic rings. The number of benzene rings is 2. The summed E-state index contributed by atoms with van der Waals surface area (Å²) < 4.78 is 11.1. The maximum absolute atomic E-state index is 5.99. The second-order valence-corrected chi connectivity index (χ2v) is 4.79. The summed E-state index contributed by atoms with van der Waals surface area (Å²) in [5.41, 5.74) is 4.43. The molecule has 3 aromatic rings. The first-order valence-electron chi connectivity index (χ1n) is 6.63. The Kier molecular flexibility index (Phi) is 3.55. The summed E-state index contributed by atoms with van der Waals surface area (Å²) in [5.74, 6) is 0.884. The van der Waals surface area contributed by atoms with E-state index in [1.165, 1.54) is 5.56 Å². The molecule has 0 atom stereocenters. The first kappa shape index (κ1) is 12.5. The van der Waals surface area contributed by atoms with Crippen LogP contribution in [0.4, 0.5) is 0 Å². The Morgan fingerprint density at radius 1 is 1.00 bits per heavy atom. The van der Waals surface area contributed by atoms with Crippen LogP contribution in [-0.2, 0) is 6.61 Å². The van der Waals surface area contributed by atoms with Crippen LogP contribution in [0.1, 0.15) is 11.1 Å². The number of aryl methyl sites for hydroxylation is 1. The Hall–Kier alpha value is -2.48. The summed E-state index contributed by atoms with van der Waals surface area (Å²) >= 11 is 0. The molecule has 0 unspecified atom stereocenters. The van der Waals surface area contributed by atoms with Gasteiger partial charge in [0.2, 0.25) is 0 Å². The lowest BCUT2D eigenvalue weighted by Crippen LogP contribution is -1.97. The minimum Gasteiger partial charge on any atom is -0.488 e. The highest BCUT2D eigenvalue weighted by atomic mass is 16.5. The van der Waals surface area contributed by atoms with Crippen LogP contribution in [0.5, 0.6) is 5.75 Å². The van der Waals surface area contributed by atoms with E-state index in [-0.39, 0.29) is 0 Å². The predicted molar refractivity (Wildman–Crippen MR) is 79.7 cm³/mol. The van der Waals surface area contributed by atoms with Gasteiger partial charge in [-0.15, -0.1) is 0 Å². The second kappa shape index (κ2) is 5.66. The number of ether oxygens (including phenoxy) is 1.